The highest BCUT2D eigenvalue weighted by atomic mass is 16.2. The van der Waals surface area contributed by atoms with Crippen molar-refractivity contribution in [1.82, 2.24) is 19.4 Å². The largest absolute Gasteiger partial charge is 0.368 e. The van der Waals surface area contributed by atoms with Crippen molar-refractivity contribution in [2.24, 2.45) is 0 Å². The number of anilines is 2. The fourth-order valence-corrected chi connectivity index (χ4v) is 3.98. The lowest BCUT2D eigenvalue weighted by Gasteiger charge is -2.20. The van der Waals surface area contributed by atoms with Crippen molar-refractivity contribution in [1.29, 1.82) is 0 Å². The first-order valence-corrected chi connectivity index (χ1v) is 9.49. The molecule has 1 fully saturated rings. The van der Waals surface area contributed by atoms with Crippen LogP contribution in [-0.4, -0.2) is 44.5 Å². The maximum atomic E-state index is 12.6. The van der Waals surface area contributed by atoms with E-state index in [0.29, 0.717) is 31.6 Å². The van der Waals surface area contributed by atoms with E-state index < -0.39 is 0 Å². The smallest absolute Gasteiger partial charge is 0.242 e. The van der Waals surface area contributed by atoms with Gasteiger partial charge in [0, 0.05) is 43.5 Å². The molecule has 1 aliphatic heterocycles. The van der Waals surface area contributed by atoms with E-state index in [0.717, 1.165) is 29.9 Å². The summed E-state index contributed by atoms with van der Waals surface area (Å²) in [5, 5.41) is 3.58. The summed E-state index contributed by atoms with van der Waals surface area (Å²) >= 11 is 0. The number of nitrogen functional groups attached to an aromatic ring is 1. The van der Waals surface area contributed by atoms with Crippen molar-refractivity contribution in [3.63, 3.8) is 0 Å². The Balaban J connectivity index is 1.48. The predicted molar refractivity (Wildman–Crippen MR) is 101 cm³/mol. The highest BCUT2D eigenvalue weighted by molar-refractivity contribution is 5.76. The summed E-state index contributed by atoms with van der Waals surface area (Å²) < 4.78 is 1.91. The van der Waals surface area contributed by atoms with Crippen LogP contribution in [0, 0.1) is 0 Å². The molecule has 26 heavy (non-hydrogen) atoms. The molecule has 2 aliphatic rings. The lowest BCUT2D eigenvalue weighted by Crippen LogP contribution is -2.35. The molecule has 1 amide bonds. The van der Waals surface area contributed by atoms with Gasteiger partial charge in [0.1, 0.15) is 12.4 Å². The van der Waals surface area contributed by atoms with Crippen LogP contribution >= 0.6 is 0 Å². The molecule has 0 spiro atoms. The lowest BCUT2D eigenvalue weighted by molar-refractivity contribution is -0.131. The molecular weight excluding hydrogens is 328 g/mol. The molecule has 138 valence electrons. The average molecular weight is 354 g/mol. The molecular formula is C19H26N6O. The van der Waals surface area contributed by atoms with Crippen LogP contribution in [0.15, 0.2) is 24.5 Å². The Morgan fingerprint density at radius 2 is 1.88 bits per heavy atom. The second-order valence-corrected chi connectivity index (χ2v) is 7.22. The summed E-state index contributed by atoms with van der Waals surface area (Å²) in [5.74, 6) is 1.33. The number of fused-ring (bicyclic) bond motifs is 1. The molecule has 2 aromatic rings. The van der Waals surface area contributed by atoms with E-state index in [2.05, 4.69) is 15.3 Å². The van der Waals surface area contributed by atoms with Gasteiger partial charge in [-0.15, -0.1) is 0 Å². The molecule has 3 heterocycles. The predicted octanol–water partition coefficient (Wildman–Crippen LogP) is 1.84. The van der Waals surface area contributed by atoms with Crippen LogP contribution in [0.3, 0.4) is 0 Å². The number of aromatic nitrogens is 3. The first-order chi connectivity index (χ1) is 12.7. The number of carbonyl (C=O) groups excluding carboxylic acids is 1. The number of nitrogens with two attached hydrogens (primary N) is 1. The van der Waals surface area contributed by atoms with E-state index in [4.69, 9.17) is 5.73 Å². The normalized spacial score (nSPS) is 17.8. The van der Waals surface area contributed by atoms with Crippen LogP contribution in [0.4, 0.5) is 11.8 Å². The van der Waals surface area contributed by atoms with E-state index in [-0.39, 0.29) is 5.91 Å². The zero-order valence-electron chi connectivity index (χ0n) is 15.0. The minimum atomic E-state index is 0.139. The van der Waals surface area contributed by atoms with Crippen LogP contribution in [0.25, 0.3) is 0 Å². The van der Waals surface area contributed by atoms with Gasteiger partial charge in [0.25, 0.3) is 0 Å². The molecule has 0 bridgehead atoms. The molecule has 0 unspecified atom stereocenters. The van der Waals surface area contributed by atoms with Crippen molar-refractivity contribution in [2.45, 2.75) is 51.1 Å². The minimum Gasteiger partial charge on any atom is -0.368 e. The van der Waals surface area contributed by atoms with E-state index in [1.54, 1.807) is 0 Å². The molecule has 2 aromatic heterocycles. The first kappa shape index (κ1) is 16.9. The standard InChI is InChI=1S/C19H26N6O/c20-19-22-16-8-12-25(17(26)13-24-9-3-4-10-24)11-7-15(16)18(23-19)21-14-5-1-2-6-14/h3-4,9-10,14H,1-2,5-8,11-13H2,(H3,20,21,22,23). The van der Waals surface area contributed by atoms with Crippen LogP contribution in [-0.2, 0) is 24.2 Å². The monoisotopic (exact) mass is 354 g/mol. The zero-order valence-corrected chi connectivity index (χ0v) is 15.0. The Hall–Kier alpha value is -2.57. The van der Waals surface area contributed by atoms with Gasteiger partial charge < -0.3 is 20.5 Å². The molecule has 7 heteroatoms. The molecule has 4 rings (SSSR count). The lowest BCUT2D eigenvalue weighted by atomic mass is 10.1. The maximum Gasteiger partial charge on any atom is 0.242 e. The zero-order chi connectivity index (χ0) is 17.9. The van der Waals surface area contributed by atoms with Crippen molar-refractivity contribution in [3.8, 4) is 0 Å². The fourth-order valence-electron chi connectivity index (χ4n) is 3.98. The van der Waals surface area contributed by atoms with Gasteiger partial charge in [-0.2, -0.15) is 4.98 Å². The van der Waals surface area contributed by atoms with Crippen molar-refractivity contribution in [3.05, 3.63) is 35.8 Å². The van der Waals surface area contributed by atoms with E-state index >= 15 is 0 Å². The third-order valence-corrected chi connectivity index (χ3v) is 5.39. The molecule has 1 saturated carbocycles. The van der Waals surface area contributed by atoms with Crippen molar-refractivity contribution < 1.29 is 4.79 Å². The van der Waals surface area contributed by atoms with Gasteiger partial charge in [-0.05, 0) is 31.4 Å². The van der Waals surface area contributed by atoms with Crippen LogP contribution in [0.1, 0.15) is 36.9 Å². The van der Waals surface area contributed by atoms with Gasteiger partial charge in [0.15, 0.2) is 0 Å². The van der Waals surface area contributed by atoms with Crippen molar-refractivity contribution in [2.75, 3.05) is 24.1 Å². The minimum absolute atomic E-state index is 0.139. The number of carbonyl (C=O) groups is 1. The highest BCUT2D eigenvalue weighted by Gasteiger charge is 2.24. The van der Waals surface area contributed by atoms with Crippen LogP contribution in [0.5, 0.6) is 0 Å². The molecule has 3 N–H and O–H groups in total. The second-order valence-electron chi connectivity index (χ2n) is 7.22. The van der Waals surface area contributed by atoms with Gasteiger partial charge in [0.2, 0.25) is 11.9 Å². The molecule has 0 atom stereocenters. The first-order valence-electron chi connectivity index (χ1n) is 9.49. The Labute approximate surface area is 153 Å². The molecule has 7 nitrogen and oxygen atoms in total. The van der Waals surface area contributed by atoms with Gasteiger partial charge in [0.05, 0.1) is 5.69 Å². The molecule has 1 aliphatic carbocycles. The van der Waals surface area contributed by atoms with Crippen molar-refractivity contribution >= 4 is 17.7 Å². The summed E-state index contributed by atoms with van der Waals surface area (Å²) in [6, 6.07) is 4.35. The summed E-state index contributed by atoms with van der Waals surface area (Å²) in [5.41, 5.74) is 8.05. The fraction of sp³-hybridized carbons (Fsp3) is 0.526. The Morgan fingerprint density at radius 3 is 2.65 bits per heavy atom. The highest BCUT2D eigenvalue weighted by Crippen LogP contribution is 2.27. The van der Waals surface area contributed by atoms with E-state index in [1.165, 1.54) is 25.7 Å². The topological polar surface area (TPSA) is 89.1 Å². The maximum absolute atomic E-state index is 12.6. The quantitative estimate of drug-likeness (QED) is 0.874. The van der Waals surface area contributed by atoms with E-state index in [1.807, 2.05) is 34.0 Å². The molecule has 0 saturated heterocycles. The van der Waals surface area contributed by atoms with Crippen LogP contribution in [0.2, 0.25) is 0 Å². The number of hydrogen-bond donors (Lipinski definition) is 2. The number of amides is 1. The summed E-state index contributed by atoms with van der Waals surface area (Å²) in [7, 11) is 0. The number of nitrogens with zero attached hydrogens (tertiary/aromatic N) is 4. The summed E-state index contributed by atoms with van der Waals surface area (Å²) in [6.07, 6.45) is 10.2. The Kier molecular flexibility index (Phi) is 4.77. The van der Waals surface area contributed by atoms with Gasteiger partial charge in [-0.1, -0.05) is 12.8 Å². The van der Waals surface area contributed by atoms with Gasteiger partial charge >= 0.3 is 0 Å². The number of nitrogens with one attached hydrogen (secondary N) is 1. The summed E-state index contributed by atoms with van der Waals surface area (Å²) in [4.78, 5) is 23.5. The third-order valence-electron chi connectivity index (χ3n) is 5.39. The van der Waals surface area contributed by atoms with Gasteiger partial charge in [-0.3, -0.25) is 4.79 Å². The second kappa shape index (κ2) is 7.35. The van der Waals surface area contributed by atoms with Crippen LogP contribution < -0.4 is 11.1 Å². The Morgan fingerprint density at radius 1 is 1.15 bits per heavy atom. The number of rotatable bonds is 4. The SMILES string of the molecule is Nc1nc2c(c(NC3CCCC3)n1)CCN(C(=O)Cn1cccc1)CC2. The van der Waals surface area contributed by atoms with Gasteiger partial charge in [-0.25, -0.2) is 4.98 Å². The third kappa shape index (κ3) is 3.66. The molecule has 0 aromatic carbocycles. The number of hydrogen-bond acceptors (Lipinski definition) is 5. The molecule has 0 radical (unpaired) electrons. The summed E-state index contributed by atoms with van der Waals surface area (Å²) in [6.45, 7) is 1.75. The average Bonchev–Trinajstić information content (AvgIpc) is 3.26. The Bertz CT molecular complexity index is 767. The van der Waals surface area contributed by atoms with E-state index in [9.17, 15) is 4.79 Å².